The third kappa shape index (κ3) is 1.82. The van der Waals surface area contributed by atoms with Gasteiger partial charge in [-0.1, -0.05) is 0 Å². The minimum atomic E-state index is 0.299. The van der Waals surface area contributed by atoms with E-state index in [2.05, 4.69) is 0 Å². The summed E-state index contributed by atoms with van der Waals surface area (Å²) in [6, 6.07) is 5.28. The van der Waals surface area contributed by atoms with Gasteiger partial charge in [-0.3, -0.25) is 0 Å². The van der Waals surface area contributed by atoms with Gasteiger partial charge in [0.05, 0.1) is 6.54 Å². The van der Waals surface area contributed by atoms with E-state index in [0.717, 1.165) is 24.0 Å². The third-order valence-electron chi connectivity index (χ3n) is 2.48. The number of benzene rings is 1. The van der Waals surface area contributed by atoms with E-state index in [1.54, 1.807) is 12.1 Å². The van der Waals surface area contributed by atoms with Crippen molar-refractivity contribution in [1.29, 1.82) is 0 Å². The Morgan fingerprint density at radius 2 is 2.15 bits per heavy atom. The van der Waals surface area contributed by atoms with Crippen molar-refractivity contribution in [3.05, 3.63) is 34.5 Å². The molecule has 0 spiro atoms. The first kappa shape index (κ1) is 8.53. The predicted octanol–water partition coefficient (Wildman–Crippen LogP) is 0.221. The number of rotatable bonds is 0. The second kappa shape index (κ2) is 3.36. The van der Waals surface area contributed by atoms with Crippen molar-refractivity contribution >= 4 is 0 Å². The molecule has 70 valence electrons. The molecule has 0 amide bonds. The van der Waals surface area contributed by atoms with Gasteiger partial charge in [-0.15, -0.1) is 0 Å². The lowest BCUT2D eigenvalue weighted by Crippen LogP contribution is -3.05. The maximum Gasteiger partial charge on any atom is 0.115 e. The lowest BCUT2D eigenvalue weighted by molar-refractivity contribution is -0.862. The molecule has 0 bridgehead atoms. The molecule has 3 heteroatoms. The molecule has 1 aliphatic rings. The van der Waals surface area contributed by atoms with Crippen molar-refractivity contribution in [1.82, 2.24) is 0 Å². The Balaban J connectivity index is 2.34. The molecule has 1 aromatic carbocycles. The molecule has 1 unspecified atom stereocenters. The summed E-state index contributed by atoms with van der Waals surface area (Å²) in [5, 5.41) is 20.8. The molecule has 2 N–H and O–H groups in total. The normalized spacial score (nSPS) is 22.1. The van der Waals surface area contributed by atoms with Crippen molar-refractivity contribution < 1.29 is 10.2 Å². The smallest absolute Gasteiger partial charge is 0.115 e. The van der Waals surface area contributed by atoms with E-state index < -0.39 is 0 Å². The van der Waals surface area contributed by atoms with Crippen LogP contribution in [0.25, 0.3) is 0 Å². The zero-order valence-electron chi connectivity index (χ0n) is 7.42. The highest BCUT2D eigenvalue weighted by atomic mass is 16.5. The van der Waals surface area contributed by atoms with Gasteiger partial charge in [0, 0.05) is 12.0 Å². The molecule has 0 saturated heterocycles. The molecule has 0 aliphatic carbocycles. The summed E-state index contributed by atoms with van der Waals surface area (Å²) in [6.45, 7) is 1.21. The summed E-state index contributed by atoms with van der Waals surface area (Å²) in [5.41, 5.74) is 2.21. The highest BCUT2D eigenvalue weighted by molar-refractivity contribution is 5.34. The Morgan fingerprint density at radius 1 is 1.31 bits per heavy atom. The van der Waals surface area contributed by atoms with Crippen molar-refractivity contribution in [3.63, 3.8) is 0 Å². The molecule has 0 radical (unpaired) electrons. The fourth-order valence-electron chi connectivity index (χ4n) is 1.79. The molecular formula is C10H13NO2. The van der Waals surface area contributed by atoms with Crippen LogP contribution in [0.15, 0.2) is 18.2 Å². The first-order valence-corrected chi connectivity index (χ1v) is 4.58. The van der Waals surface area contributed by atoms with Crippen LogP contribution in [0.4, 0.5) is 0 Å². The maximum absolute atomic E-state index is 11.3. The molecule has 1 aliphatic heterocycles. The molecule has 0 fully saturated rings. The van der Waals surface area contributed by atoms with Gasteiger partial charge in [0.15, 0.2) is 0 Å². The quantitative estimate of drug-likeness (QED) is 0.560. The van der Waals surface area contributed by atoms with Gasteiger partial charge >= 0.3 is 0 Å². The monoisotopic (exact) mass is 179 g/mol. The first-order chi connectivity index (χ1) is 6.25. The third-order valence-corrected chi connectivity index (χ3v) is 2.48. The Morgan fingerprint density at radius 3 is 3.00 bits per heavy atom. The predicted molar refractivity (Wildman–Crippen MR) is 49.3 cm³/mol. The lowest BCUT2D eigenvalue weighted by atomic mass is 10.0. The molecule has 2 rings (SSSR count). The number of hydrogen-bond acceptors (Lipinski definition) is 2. The first-order valence-electron chi connectivity index (χ1n) is 4.58. The molecule has 0 aromatic heterocycles. The summed E-state index contributed by atoms with van der Waals surface area (Å²) in [5.74, 6) is 0.299. The Hall–Kier alpha value is -1.06. The van der Waals surface area contributed by atoms with E-state index in [-0.39, 0.29) is 0 Å². The van der Waals surface area contributed by atoms with Gasteiger partial charge in [0.2, 0.25) is 0 Å². The van der Waals surface area contributed by atoms with Crippen LogP contribution in [0.3, 0.4) is 0 Å². The number of quaternary nitrogens is 1. The van der Waals surface area contributed by atoms with Crippen LogP contribution in [-0.2, 0) is 13.0 Å². The highest BCUT2D eigenvalue weighted by Gasteiger charge is 2.11. The topological polar surface area (TPSA) is 47.7 Å². The minimum absolute atomic E-state index is 0.299. The van der Waals surface area contributed by atoms with Crippen LogP contribution < -0.4 is 5.06 Å². The van der Waals surface area contributed by atoms with E-state index in [4.69, 9.17) is 0 Å². The molecular weight excluding hydrogens is 166 g/mol. The number of phenolic OH excluding ortho intramolecular Hbond substituents is 1. The number of hydroxylamine groups is 2. The molecule has 1 aromatic rings. The van der Waals surface area contributed by atoms with Crippen LogP contribution in [0.2, 0.25) is 0 Å². The summed E-state index contributed by atoms with van der Waals surface area (Å²) in [4.78, 5) is 0. The Bertz CT molecular complexity index is 312. The number of hydrogen-bond donors (Lipinski definition) is 2. The van der Waals surface area contributed by atoms with Crippen LogP contribution in [0, 0.1) is 5.21 Å². The van der Waals surface area contributed by atoms with Gasteiger partial charge in [-0.25, -0.2) is 0 Å². The Labute approximate surface area is 77.2 Å². The van der Waals surface area contributed by atoms with Crippen LogP contribution in [0.5, 0.6) is 5.75 Å². The highest BCUT2D eigenvalue weighted by Crippen LogP contribution is 2.18. The second-order valence-electron chi connectivity index (χ2n) is 3.52. The summed E-state index contributed by atoms with van der Waals surface area (Å²) >= 11 is 0. The van der Waals surface area contributed by atoms with Crippen molar-refractivity contribution in [2.45, 2.75) is 19.4 Å². The molecule has 1 heterocycles. The fraction of sp³-hybridized carbons (Fsp3) is 0.400. The van der Waals surface area contributed by atoms with E-state index in [1.807, 2.05) is 6.07 Å². The molecule has 1 atom stereocenters. The number of nitrogens with one attached hydrogen (secondary N) is 1. The molecule has 3 nitrogen and oxygen atoms in total. The number of phenols is 1. The summed E-state index contributed by atoms with van der Waals surface area (Å²) in [7, 11) is 0. The van der Waals surface area contributed by atoms with Crippen molar-refractivity contribution in [2.75, 3.05) is 6.54 Å². The van der Waals surface area contributed by atoms with Crippen molar-refractivity contribution in [2.24, 2.45) is 0 Å². The largest absolute Gasteiger partial charge is 0.634 e. The average Bonchev–Trinajstić information content (AvgIpc) is 2.25. The van der Waals surface area contributed by atoms with E-state index in [9.17, 15) is 10.3 Å². The molecule has 13 heavy (non-hydrogen) atoms. The van der Waals surface area contributed by atoms with Gasteiger partial charge in [0.25, 0.3) is 0 Å². The maximum atomic E-state index is 11.3. The fourth-order valence-corrected chi connectivity index (χ4v) is 1.79. The number of fused-ring (bicyclic) bond motifs is 1. The van der Waals surface area contributed by atoms with Gasteiger partial charge < -0.3 is 15.4 Å². The van der Waals surface area contributed by atoms with E-state index in [1.165, 1.54) is 0 Å². The number of aryl methyl sites for hydroxylation is 1. The zero-order chi connectivity index (χ0) is 9.26. The Kier molecular flexibility index (Phi) is 2.20. The van der Waals surface area contributed by atoms with Gasteiger partial charge in [-0.2, -0.15) is 0 Å². The van der Waals surface area contributed by atoms with Gasteiger partial charge in [0.1, 0.15) is 12.3 Å². The van der Waals surface area contributed by atoms with Crippen LogP contribution in [0.1, 0.15) is 17.5 Å². The van der Waals surface area contributed by atoms with E-state index >= 15 is 0 Å². The van der Waals surface area contributed by atoms with Crippen LogP contribution in [-0.4, -0.2) is 11.7 Å². The standard InChI is InChI=1S/C10H13NO2/c12-10-4-3-9-7-11(13)5-1-2-8(9)6-10/h3-4,6,11-12H,1-2,5,7H2. The SMILES string of the molecule is [O-][NH+]1CCCc2cc(O)ccc2C1. The average molecular weight is 179 g/mol. The summed E-state index contributed by atoms with van der Waals surface area (Å²) < 4.78 is 0. The number of aromatic hydroxyl groups is 1. The summed E-state index contributed by atoms with van der Waals surface area (Å²) in [6.07, 6.45) is 1.82. The van der Waals surface area contributed by atoms with E-state index in [0.29, 0.717) is 23.9 Å². The zero-order valence-corrected chi connectivity index (χ0v) is 7.42. The lowest BCUT2D eigenvalue weighted by Gasteiger charge is -2.19. The molecule has 0 saturated carbocycles. The minimum Gasteiger partial charge on any atom is -0.634 e. The van der Waals surface area contributed by atoms with Crippen LogP contribution >= 0.6 is 0 Å². The second-order valence-corrected chi connectivity index (χ2v) is 3.52. The van der Waals surface area contributed by atoms with Crippen molar-refractivity contribution in [3.8, 4) is 5.75 Å². The van der Waals surface area contributed by atoms with Gasteiger partial charge in [-0.05, 0) is 30.2 Å².